The van der Waals surface area contributed by atoms with Crippen LogP contribution in [0.25, 0.3) is 0 Å². The summed E-state index contributed by atoms with van der Waals surface area (Å²) in [5, 5.41) is 14.0. The summed E-state index contributed by atoms with van der Waals surface area (Å²) < 4.78 is 12.7. The Labute approximate surface area is 97.0 Å². The van der Waals surface area contributed by atoms with Gasteiger partial charge in [-0.05, 0) is 35.7 Å². The molecule has 1 atom stereocenters. The molecule has 0 aliphatic carbocycles. The summed E-state index contributed by atoms with van der Waals surface area (Å²) in [4.78, 5) is 0.951. The SMILES string of the molecule is N#C[C@@H](Nc1ccc(F)cc1)c1cccs1. The zero-order valence-electron chi connectivity index (χ0n) is 8.35. The number of rotatable bonds is 3. The van der Waals surface area contributed by atoms with Gasteiger partial charge in [-0.2, -0.15) is 5.26 Å². The van der Waals surface area contributed by atoms with Crippen molar-refractivity contribution < 1.29 is 4.39 Å². The molecule has 0 radical (unpaired) electrons. The summed E-state index contributed by atoms with van der Waals surface area (Å²) in [6.07, 6.45) is 0. The van der Waals surface area contributed by atoms with E-state index in [0.29, 0.717) is 0 Å². The Hall–Kier alpha value is -1.86. The van der Waals surface area contributed by atoms with Crippen LogP contribution in [0, 0.1) is 17.1 Å². The van der Waals surface area contributed by atoms with Crippen LogP contribution in [0.2, 0.25) is 0 Å². The second kappa shape index (κ2) is 4.77. The standard InChI is InChI=1S/C12H9FN2S/c13-9-3-5-10(6-4-9)15-11(8-14)12-2-1-7-16-12/h1-7,11,15H/t11-/m1/s1. The molecule has 0 bridgehead atoms. The average molecular weight is 232 g/mol. The summed E-state index contributed by atoms with van der Waals surface area (Å²) >= 11 is 1.52. The first kappa shape index (κ1) is 10.7. The summed E-state index contributed by atoms with van der Waals surface area (Å²) in [5.41, 5.74) is 0.737. The van der Waals surface area contributed by atoms with Gasteiger partial charge < -0.3 is 5.32 Å². The zero-order chi connectivity index (χ0) is 11.4. The van der Waals surface area contributed by atoms with Crippen molar-refractivity contribution in [1.82, 2.24) is 0 Å². The monoisotopic (exact) mass is 232 g/mol. The van der Waals surface area contributed by atoms with Crippen molar-refractivity contribution >= 4 is 17.0 Å². The third-order valence-corrected chi connectivity index (χ3v) is 3.05. The number of nitrogens with zero attached hydrogens (tertiary/aromatic N) is 1. The van der Waals surface area contributed by atoms with Crippen LogP contribution in [0.5, 0.6) is 0 Å². The Bertz CT molecular complexity index is 485. The number of thiophene rings is 1. The Kier molecular flexibility index (Phi) is 3.18. The first-order valence-corrected chi connectivity index (χ1v) is 5.62. The summed E-state index contributed by atoms with van der Waals surface area (Å²) in [6.45, 7) is 0. The van der Waals surface area contributed by atoms with Crippen LogP contribution in [0.4, 0.5) is 10.1 Å². The van der Waals surface area contributed by atoms with E-state index in [-0.39, 0.29) is 11.9 Å². The van der Waals surface area contributed by atoms with Crippen LogP contribution < -0.4 is 5.32 Å². The van der Waals surface area contributed by atoms with E-state index < -0.39 is 0 Å². The highest BCUT2D eigenvalue weighted by Crippen LogP contribution is 2.22. The molecule has 2 rings (SSSR count). The van der Waals surface area contributed by atoms with E-state index in [2.05, 4.69) is 11.4 Å². The Morgan fingerprint density at radius 2 is 2.00 bits per heavy atom. The lowest BCUT2D eigenvalue weighted by Gasteiger charge is -2.10. The Morgan fingerprint density at radius 1 is 1.25 bits per heavy atom. The average Bonchev–Trinajstić information content (AvgIpc) is 2.82. The molecule has 0 saturated carbocycles. The smallest absolute Gasteiger partial charge is 0.149 e. The van der Waals surface area contributed by atoms with Gasteiger partial charge in [-0.3, -0.25) is 0 Å². The number of hydrogen-bond acceptors (Lipinski definition) is 3. The van der Waals surface area contributed by atoms with Gasteiger partial charge in [0.05, 0.1) is 6.07 Å². The number of hydrogen-bond donors (Lipinski definition) is 1. The highest BCUT2D eigenvalue weighted by atomic mass is 32.1. The molecule has 0 fully saturated rings. The van der Waals surface area contributed by atoms with Crippen molar-refractivity contribution in [3.05, 3.63) is 52.5 Å². The van der Waals surface area contributed by atoms with Crippen LogP contribution in [0.3, 0.4) is 0 Å². The molecule has 0 saturated heterocycles. The molecule has 1 N–H and O–H groups in total. The molecule has 0 aliphatic heterocycles. The van der Waals surface area contributed by atoms with E-state index >= 15 is 0 Å². The van der Waals surface area contributed by atoms with Crippen LogP contribution >= 0.6 is 11.3 Å². The molecule has 0 amide bonds. The van der Waals surface area contributed by atoms with Gasteiger partial charge in [0.2, 0.25) is 0 Å². The van der Waals surface area contributed by atoms with Crippen molar-refractivity contribution in [2.24, 2.45) is 0 Å². The summed E-state index contributed by atoms with van der Waals surface area (Å²) in [7, 11) is 0. The molecular formula is C12H9FN2S. The predicted molar refractivity (Wildman–Crippen MR) is 62.7 cm³/mol. The Balaban J connectivity index is 2.14. The van der Waals surface area contributed by atoms with Gasteiger partial charge in [0.15, 0.2) is 0 Å². The molecule has 1 aromatic carbocycles. The maximum atomic E-state index is 12.7. The number of benzene rings is 1. The molecule has 0 unspecified atom stereocenters. The minimum absolute atomic E-state index is 0.282. The molecule has 0 spiro atoms. The third-order valence-electron chi connectivity index (χ3n) is 2.11. The largest absolute Gasteiger partial charge is 0.366 e. The van der Waals surface area contributed by atoms with Crippen LogP contribution in [0.15, 0.2) is 41.8 Å². The van der Waals surface area contributed by atoms with Gasteiger partial charge >= 0.3 is 0 Å². The van der Waals surface area contributed by atoms with Gasteiger partial charge in [-0.15, -0.1) is 11.3 Å². The van der Waals surface area contributed by atoms with Gasteiger partial charge in [-0.25, -0.2) is 4.39 Å². The van der Waals surface area contributed by atoms with E-state index in [1.54, 1.807) is 12.1 Å². The number of halogens is 1. The van der Waals surface area contributed by atoms with Crippen molar-refractivity contribution in [3.63, 3.8) is 0 Å². The van der Waals surface area contributed by atoms with E-state index in [0.717, 1.165) is 10.6 Å². The lowest BCUT2D eigenvalue weighted by atomic mass is 10.2. The van der Waals surface area contributed by atoms with E-state index in [1.807, 2.05) is 17.5 Å². The van der Waals surface area contributed by atoms with Crippen LogP contribution in [-0.4, -0.2) is 0 Å². The molecule has 16 heavy (non-hydrogen) atoms. The van der Waals surface area contributed by atoms with Crippen molar-refractivity contribution in [1.29, 1.82) is 5.26 Å². The van der Waals surface area contributed by atoms with Crippen LogP contribution in [0.1, 0.15) is 10.9 Å². The molecule has 4 heteroatoms. The second-order valence-corrected chi connectivity index (χ2v) is 4.21. The topological polar surface area (TPSA) is 35.8 Å². The third kappa shape index (κ3) is 2.38. The minimum atomic E-state index is -0.384. The minimum Gasteiger partial charge on any atom is -0.366 e. The lowest BCUT2D eigenvalue weighted by Crippen LogP contribution is -2.06. The fourth-order valence-electron chi connectivity index (χ4n) is 1.34. The maximum Gasteiger partial charge on any atom is 0.149 e. The zero-order valence-corrected chi connectivity index (χ0v) is 9.17. The van der Waals surface area contributed by atoms with E-state index in [9.17, 15) is 4.39 Å². The maximum absolute atomic E-state index is 12.7. The van der Waals surface area contributed by atoms with E-state index in [1.165, 1.54) is 23.5 Å². The van der Waals surface area contributed by atoms with Crippen molar-refractivity contribution in [2.75, 3.05) is 5.32 Å². The molecule has 80 valence electrons. The molecule has 2 aromatic rings. The molecule has 0 aliphatic rings. The first-order valence-electron chi connectivity index (χ1n) is 4.75. The summed E-state index contributed by atoms with van der Waals surface area (Å²) in [6, 6.07) is 11.6. The highest BCUT2D eigenvalue weighted by Gasteiger charge is 2.10. The van der Waals surface area contributed by atoms with E-state index in [4.69, 9.17) is 5.26 Å². The van der Waals surface area contributed by atoms with Gasteiger partial charge in [0.1, 0.15) is 11.9 Å². The van der Waals surface area contributed by atoms with Gasteiger partial charge in [0.25, 0.3) is 0 Å². The number of nitriles is 1. The molecule has 1 aromatic heterocycles. The first-order chi connectivity index (χ1) is 7.79. The van der Waals surface area contributed by atoms with Gasteiger partial charge in [-0.1, -0.05) is 6.07 Å². The fourth-order valence-corrected chi connectivity index (χ4v) is 2.05. The second-order valence-electron chi connectivity index (χ2n) is 3.23. The molecular weight excluding hydrogens is 223 g/mol. The fraction of sp³-hybridized carbons (Fsp3) is 0.0833. The van der Waals surface area contributed by atoms with Crippen LogP contribution in [-0.2, 0) is 0 Å². The van der Waals surface area contributed by atoms with Crippen molar-refractivity contribution in [3.8, 4) is 6.07 Å². The number of nitrogens with one attached hydrogen (secondary N) is 1. The molecule has 1 heterocycles. The molecule has 2 nitrogen and oxygen atoms in total. The quantitative estimate of drug-likeness (QED) is 0.878. The lowest BCUT2D eigenvalue weighted by molar-refractivity contribution is 0.628. The van der Waals surface area contributed by atoms with Crippen molar-refractivity contribution in [2.45, 2.75) is 6.04 Å². The summed E-state index contributed by atoms with van der Waals surface area (Å²) in [5.74, 6) is -0.282. The predicted octanol–water partition coefficient (Wildman–Crippen LogP) is 3.56. The number of anilines is 1. The highest BCUT2D eigenvalue weighted by molar-refractivity contribution is 7.10. The normalized spacial score (nSPS) is 11.8. The van der Waals surface area contributed by atoms with Gasteiger partial charge in [0, 0.05) is 10.6 Å². The Morgan fingerprint density at radius 3 is 2.56 bits per heavy atom.